The summed E-state index contributed by atoms with van der Waals surface area (Å²) >= 11 is 11.3. The van der Waals surface area contributed by atoms with Gasteiger partial charge in [-0.3, -0.25) is 4.79 Å². The molecule has 53 heavy (non-hydrogen) atoms. The van der Waals surface area contributed by atoms with Gasteiger partial charge in [-0.15, -0.1) is 22.7 Å². The fourth-order valence-corrected chi connectivity index (χ4v) is 12.7. The van der Waals surface area contributed by atoms with E-state index in [-0.39, 0.29) is 0 Å². The van der Waals surface area contributed by atoms with Crippen molar-refractivity contribution in [2.45, 2.75) is 239 Å². The highest BCUT2D eigenvalue weighted by atomic mass is 79.9. The minimum absolute atomic E-state index is 0.396. The van der Waals surface area contributed by atoms with E-state index in [1.165, 1.54) is 212 Å². The molecular weight excluding hydrogens is 816 g/mol. The normalized spacial score (nSPS) is 16.6. The van der Waals surface area contributed by atoms with Gasteiger partial charge in [-0.2, -0.15) is 0 Å². The number of rotatable bonds is 34. The molecule has 5 heteroatoms. The van der Waals surface area contributed by atoms with E-state index in [0.29, 0.717) is 5.78 Å². The molecule has 1 nitrogen and oxygen atoms in total. The largest absolute Gasteiger partial charge is 0.293 e. The van der Waals surface area contributed by atoms with Crippen LogP contribution in [-0.2, 0) is 5.41 Å². The summed E-state index contributed by atoms with van der Waals surface area (Å²) in [6.45, 7) is 9.28. The van der Waals surface area contributed by atoms with Crippen molar-refractivity contribution in [3.63, 3.8) is 0 Å². The first-order chi connectivity index (χ1) is 25.9. The van der Waals surface area contributed by atoms with E-state index < -0.39 is 5.41 Å². The first kappa shape index (κ1) is 47.4. The lowest BCUT2D eigenvalue weighted by Gasteiger charge is -2.38. The summed E-state index contributed by atoms with van der Waals surface area (Å²) in [5.41, 5.74) is 1.96. The molecule has 2 aromatic rings. The molecule has 0 aromatic carbocycles. The molecule has 0 aliphatic heterocycles. The lowest BCUT2D eigenvalue weighted by molar-refractivity contribution is 0.0842. The van der Waals surface area contributed by atoms with E-state index in [0.717, 1.165) is 34.0 Å². The average molecular weight is 897 g/mol. The maximum Gasteiger partial charge on any atom is 0.174 e. The van der Waals surface area contributed by atoms with Gasteiger partial charge in [0.2, 0.25) is 0 Å². The van der Waals surface area contributed by atoms with Crippen LogP contribution in [0.2, 0.25) is 0 Å². The number of ketones is 1. The van der Waals surface area contributed by atoms with Crippen molar-refractivity contribution in [2.75, 3.05) is 0 Å². The molecule has 0 fully saturated rings. The topological polar surface area (TPSA) is 17.1 Å². The minimum atomic E-state index is -0.396. The lowest BCUT2D eigenvalue weighted by Crippen LogP contribution is -2.39. The first-order valence-electron chi connectivity index (χ1n) is 23.0. The molecule has 0 spiro atoms. The van der Waals surface area contributed by atoms with Crippen LogP contribution in [0.25, 0.3) is 9.75 Å². The van der Waals surface area contributed by atoms with Crippen molar-refractivity contribution in [3.05, 3.63) is 30.8 Å². The second-order valence-electron chi connectivity index (χ2n) is 17.0. The summed E-state index contributed by atoms with van der Waals surface area (Å²) in [6.07, 6.45) is 42.7. The van der Waals surface area contributed by atoms with Crippen molar-refractivity contribution in [1.82, 2.24) is 0 Å². The number of fused-ring (bicyclic) bond motifs is 3. The standard InChI is InChI=1S/C48H80Br2OS2/c1-5-9-13-17-19-23-27-31-39(29-25-21-15-11-7-3)33-35-48(42-38-44(50)53-46(42)45-41(47(48)51)37-43(49)52-45)36-34-40(30-26-22-16-12-8-4)32-28-24-20-18-14-10-6-2/h37-40H,5-36H2,1-4H3. The van der Waals surface area contributed by atoms with Crippen LogP contribution >= 0.6 is 54.5 Å². The van der Waals surface area contributed by atoms with Crippen LogP contribution in [0.3, 0.4) is 0 Å². The maximum atomic E-state index is 15.2. The zero-order chi connectivity index (χ0) is 38.2. The van der Waals surface area contributed by atoms with Gasteiger partial charge in [0.1, 0.15) is 0 Å². The third-order valence-electron chi connectivity index (χ3n) is 12.6. The smallest absolute Gasteiger partial charge is 0.174 e. The van der Waals surface area contributed by atoms with E-state index >= 15 is 4.79 Å². The van der Waals surface area contributed by atoms with Crippen molar-refractivity contribution >= 4 is 60.3 Å². The van der Waals surface area contributed by atoms with Gasteiger partial charge in [-0.25, -0.2) is 0 Å². The first-order valence-corrected chi connectivity index (χ1v) is 26.3. The van der Waals surface area contributed by atoms with E-state index in [4.69, 9.17) is 0 Å². The Balaban J connectivity index is 1.82. The van der Waals surface area contributed by atoms with E-state index in [9.17, 15) is 0 Å². The summed E-state index contributed by atoms with van der Waals surface area (Å²) in [7, 11) is 0. The summed E-state index contributed by atoms with van der Waals surface area (Å²) in [5.74, 6) is 1.91. The minimum Gasteiger partial charge on any atom is -0.293 e. The molecule has 0 saturated carbocycles. The summed E-state index contributed by atoms with van der Waals surface area (Å²) in [5, 5.41) is 0. The van der Waals surface area contributed by atoms with Crippen LogP contribution in [0.15, 0.2) is 19.7 Å². The Morgan fingerprint density at radius 1 is 0.472 bits per heavy atom. The third kappa shape index (κ3) is 16.8. The number of hydrogen-bond donors (Lipinski definition) is 0. The molecule has 0 bridgehead atoms. The maximum absolute atomic E-state index is 15.2. The second kappa shape index (κ2) is 28.4. The van der Waals surface area contributed by atoms with Crippen molar-refractivity contribution in [2.24, 2.45) is 11.8 Å². The van der Waals surface area contributed by atoms with Gasteiger partial charge >= 0.3 is 0 Å². The Morgan fingerprint density at radius 2 is 0.811 bits per heavy atom. The van der Waals surface area contributed by atoms with Gasteiger partial charge in [0.15, 0.2) is 5.78 Å². The van der Waals surface area contributed by atoms with Gasteiger partial charge in [0, 0.05) is 5.56 Å². The SMILES string of the molecule is CCCCCCCCCC(CCCCCCC)CCC1(CCC(CCCCCCC)CCCCCCCCC)C(=O)c2cc(Br)sc2-c2sc(Br)cc21. The number of carbonyl (C=O) groups excluding carboxylic acids is 1. The van der Waals surface area contributed by atoms with Crippen LogP contribution in [0, 0.1) is 11.8 Å². The molecule has 0 saturated heterocycles. The zero-order valence-electron chi connectivity index (χ0n) is 34.9. The fourth-order valence-electron chi connectivity index (χ4n) is 9.21. The highest BCUT2D eigenvalue weighted by Gasteiger charge is 2.48. The van der Waals surface area contributed by atoms with Crippen molar-refractivity contribution in [3.8, 4) is 9.75 Å². The molecule has 3 rings (SSSR count). The van der Waals surface area contributed by atoms with Crippen molar-refractivity contribution in [1.29, 1.82) is 0 Å². The Labute approximate surface area is 353 Å². The lowest BCUT2D eigenvalue weighted by atomic mass is 9.64. The molecule has 2 aromatic heterocycles. The molecule has 2 unspecified atom stereocenters. The number of Topliss-reactive ketones (excluding diaryl/α,β-unsaturated/α-hetero) is 1. The molecule has 2 heterocycles. The Hall–Kier alpha value is 0.0300. The van der Waals surface area contributed by atoms with Gasteiger partial charge in [-0.05, 0) is 87.1 Å². The van der Waals surface area contributed by atoms with E-state index in [1.807, 2.05) is 11.3 Å². The molecule has 0 radical (unpaired) electrons. The summed E-state index contributed by atoms with van der Waals surface area (Å²) in [4.78, 5) is 17.7. The number of halogens is 2. The monoisotopic (exact) mass is 894 g/mol. The van der Waals surface area contributed by atoms with Gasteiger partial charge < -0.3 is 0 Å². The number of carbonyl (C=O) groups is 1. The molecule has 2 atom stereocenters. The molecule has 0 amide bonds. The van der Waals surface area contributed by atoms with E-state index in [1.54, 1.807) is 11.3 Å². The van der Waals surface area contributed by atoms with Gasteiger partial charge in [-0.1, -0.05) is 207 Å². The van der Waals surface area contributed by atoms with Crippen LogP contribution in [0.4, 0.5) is 0 Å². The Morgan fingerprint density at radius 3 is 1.21 bits per heavy atom. The van der Waals surface area contributed by atoms with Crippen molar-refractivity contribution < 1.29 is 4.79 Å². The van der Waals surface area contributed by atoms with Crippen LogP contribution in [0.1, 0.15) is 249 Å². The van der Waals surface area contributed by atoms with Crippen LogP contribution in [0.5, 0.6) is 0 Å². The fraction of sp³-hybridized carbons (Fsp3) is 0.812. The second-order valence-corrected chi connectivity index (χ2v) is 21.9. The molecule has 1 aliphatic rings. The Bertz CT molecular complexity index is 1190. The highest BCUT2D eigenvalue weighted by Crippen LogP contribution is 2.56. The Kier molecular flexibility index (Phi) is 25.4. The zero-order valence-corrected chi connectivity index (χ0v) is 39.7. The third-order valence-corrected chi connectivity index (χ3v) is 16.1. The number of hydrogen-bond acceptors (Lipinski definition) is 3. The summed E-state index contributed by atoms with van der Waals surface area (Å²) < 4.78 is 2.28. The predicted octanol–water partition coefficient (Wildman–Crippen LogP) is 19.2. The number of unbranched alkanes of at least 4 members (excludes halogenated alkanes) is 20. The summed E-state index contributed by atoms with van der Waals surface area (Å²) in [6, 6.07) is 4.54. The average Bonchev–Trinajstić information content (AvgIpc) is 3.75. The molecule has 0 N–H and O–H groups in total. The molecule has 304 valence electrons. The predicted molar refractivity (Wildman–Crippen MR) is 246 cm³/mol. The number of thiophene rings is 2. The molecule has 1 aliphatic carbocycles. The van der Waals surface area contributed by atoms with E-state index in [2.05, 4.69) is 71.7 Å². The van der Waals surface area contributed by atoms with Crippen LogP contribution in [-0.4, -0.2) is 5.78 Å². The van der Waals surface area contributed by atoms with Gasteiger partial charge in [0.05, 0.1) is 22.7 Å². The quantitative estimate of drug-likeness (QED) is 0.0640. The highest BCUT2D eigenvalue weighted by molar-refractivity contribution is 9.11. The molecular formula is C48H80Br2OS2. The van der Waals surface area contributed by atoms with Crippen LogP contribution < -0.4 is 0 Å². The van der Waals surface area contributed by atoms with Gasteiger partial charge in [0.25, 0.3) is 0 Å².